The van der Waals surface area contributed by atoms with Crippen molar-refractivity contribution in [3.8, 4) is 22.6 Å². The lowest BCUT2D eigenvalue weighted by atomic mass is 10.0. The summed E-state index contributed by atoms with van der Waals surface area (Å²) in [4.78, 5) is 4.64. The van der Waals surface area contributed by atoms with Crippen molar-refractivity contribution < 1.29 is 4.74 Å². The summed E-state index contributed by atoms with van der Waals surface area (Å²) in [5.74, 6) is 2.70. The molecule has 64 heavy (non-hydrogen) atoms. The standard InChI is InChI=1S/C59H46N4O/c60-56-35-37-58(52-17-9-7-15-50(52)56)62(46-29-23-43(24-30-46)55-39-54(55)42-11-3-1-4-12-42)44-25-19-40(20-26-44)41-21-27-45(28-22-41)63(59-38-36-57(61)51-16-8-10-18-53(51)59)47-31-33-49(34-32-47)64-48-13-5-2-6-14-48/h1-38,54-55H,39,60-61H2/t54-,55?/m1/s1. The number of hydrogen-bond donors (Lipinski definition) is 2. The summed E-state index contributed by atoms with van der Waals surface area (Å²) in [6.07, 6.45) is 1.19. The second-order valence-corrected chi connectivity index (χ2v) is 16.6. The van der Waals surface area contributed by atoms with Gasteiger partial charge in [-0.05, 0) is 138 Å². The Morgan fingerprint density at radius 3 is 1.16 bits per heavy atom. The molecule has 0 heterocycles. The molecule has 0 spiro atoms. The Morgan fingerprint density at radius 1 is 0.328 bits per heavy atom. The topological polar surface area (TPSA) is 67.8 Å². The summed E-state index contributed by atoms with van der Waals surface area (Å²) in [6.45, 7) is 0. The second-order valence-electron chi connectivity index (χ2n) is 16.6. The van der Waals surface area contributed by atoms with Crippen molar-refractivity contribution in [3.63, 3.8) is 0 Å². The number of nitrogens with zero attached hydrogens (tertiary/aromatic N) is 2. The number of para-hydroxylation sites is 1. The molecule has 10 aromatic carbocycles. The normalized spacial score (nSPS) is 14.3. The molecule has 1 aliphatic carbocycles. The van der Waals surface area contributed by atoms with Crippen molar-refractivity contribution in [2.75, 3.05) is 21.3 Å². The lowest BCUT2D eigenvalue weighted by molar-refractivity contribution is 0.483. The molecule has 0 amide bonds. The Hall–Kier alpha value is -8.28. The van der Waals surface area contributed by atoms with Crippen molar-refractivity contribution in [2.24, 2.45) is 0 Å². The van der Waals surface area contributed by atoms with Crippen LogP contribution in [0.25, 0.3) is 32.7 Å². The zero-order chi connectivity index (χ0) is 43.0. The number of nitrogen functional groups attached to an aromatic ring is 2. The van der Waals surface area contributed by atoms with Crippen molar-refractivity contribution in [2.45, 2.75) is 18.3 Å². The fourth-order valence-corrected chi connectivity index (χ4v) is 9.25. The molecule has 308 valence electrons. The third-order valence-electron chi connectivity index (χ3n) is 12.6. The molecule has 4 N–H and O–H groups in total. The predicted octanol–water partition coefficient (Wildman–Crippen LogP) is 15.8. The molecule has 0 aromatic heterocycles. The van der Waals surface area contributed by atoms with Gasteiger partial charge in [0.2, 0.25) is 0 Å². The van der Waals surface area contributed by atoms with E-state index in [9.17, 15) is 0 Å². The van der Waals surface area contributed by atoms with Crippen LogP contribution in [0.5, 0.6) is 11.5 Å². The first-order chi connectivity index (χ1) is 31.6. The van der Waals surface area contributed by atoms with Crippen LogP contribution in [-0.2, 0) is 0 Å². The van der Waals surface area contributed by atoms with E-state index in [1.54, 1.807) is 0 Å². The van der Waals surface area contributed by atoms with E-state index in [0.29, 0.717) is 11.8 Å². The van der Waals surface area contributed by atoms with Gasteiger partial charge in [-0.25, -0.2) is 0 Å². The van der Waals surface area contributed by atoms with Gasteiger partial charge < -0.3 is 26.0 Å². The lowest BCUT2D eigenvalue weighted by Gasteiger charge is -2.28. The summed E-state index contributed by atoms with van der Waals surface area (Å²) in [5.41, 5.74) is 25.9. The minimum Gasteiger partial charge on any atom is -0.457 e. The van der Waals surface area contributed by atoms with Gasteiger partial charge >= 0.3 is 0 Å². The SMILES string of the molecule is Nc1ccc(N(c2ccc(Oc3ccccc3)cc2)c2ccc(-c3ccc(N(c4ccc(C5C[C@@H]5c5ccccc5)cc4)c4ccc(N)c5ccccc45)cc3)cc2)c2ccccc12. The molecular weight excluding hydrogens is 781 g/mol. The van der Waals surface area contributed by atoms with E-state index in [0.717, 1.165) is 89.7 Å². The number of anilines is 8. The third-order valence-corrected chi connectivity index (χ3v) is 12.6. The van der Waals surface area contributed by atoms with E-state index in [4.69, 9.17) is 16.2 Å². The van der Waals surface area contributed by atoms with E-state index in [-0.39, 0.29) is 0 Å². The maximum absolute atomic E-state index is 6.53. The average molecular weight is 827 g/mol. The highest BCUT2D eigenvalue weighted by atomic mass is 16.5. The first kappa shape index (κ1) is 38.6. The molecule has 0 saturated heterocycles. The Kier molecular flexibility index (Phi) is 9.98. The van der Waals surface area contributed by atoms with Gasteiger partial charge in [0.25, 0.3) is 0 Å². The van der Waals surface area contributed by atoms with Crippen LogP contribution in [0.15, 0.2) is 231 Å². The Labute approximate surface area is 374 Å². The highest BCUT2D eigenvalue weighted by Crippen LogP contribution is 2.55. The fraction of sp³-hybridized carbons (Fsp3) is 0.0508. The first-order valence-corrected chi connectivity index (χ1v) is 21.9. The maximum Gasteiger partial charge on any atom is 0.127 e. The predicted molar refractivity (Wildman–Crippen MR) is 268 cm³/mol. The smallest absolute Gasteiger partial charge is 0.127 e. The Balaban J connectivity index is 0.922. The zero-order valence-corrected chi connectivity index (χ0v) is 35.3. The largest absolute Gasteiger partial charge is 0.457 e. The van der Waals surface area contributed by atoms with Crippen molar-refractivity contribution in [1.29, 1.82) is 0 Å². The molecule has 11 rings (SSSR count). The van der Waals surface area contributed by atoms with Gasteiger partial charge in [-0.2, -0.15) is 0 Å². The van der Waals surface area contributed by atoms with Gasteiger partial charge in [0.15, 0.2) is 0 Å². The van der Waals surface area contributed by atoms with Gasteiger partial charge in [-0.15, -0.1) is 0 Å². The van der Waals surface area contributed by atoms with E-state index in [2.05, 4.69) is 180 Å². The molecule has 5 nitrogen and oxygen atoms in total. The highest BCUT2D eigenvalue weighted by molar-refractivity contribution is 6.05. The van der Waals surface area contributed by atoms with E-state index < -0.39 is 0 Å². The van der Waals surface area contributed by atoms with Crippen LogP contribution in [0.4, 0.5) is 45.5 Å². The van der Waals surface area contributed by atoms with Gasteiger partial charge in [0, 0.05) is 55.7 Å². The molecule has 5 heteroatoms. The average Bonchev–Trinajstić information content (AvgIpc) is 4.17. The minimum absolute atomic E-state index is 0.547. The van der Waals surface area contributed by atoms with E-state index >= 15 is 0 Å². The van der Waals surface area contributed by atoms with Crippen LogP contribution in [0, 0.1) is 0 Å². The Bertz CT molecular complexity index is 3230. The van der Waals surface area contributed by atoms with E-state index in [1.807, 2.05) is 60.7 Å². The number of benzene rings is 10. The van der Waals surface area contributed by atoms with Gasteiger partial charge in [0.05, 0.1) is 11.4 Å². The summed E-state index contributed by atoms with van der Waals surface area (Å²) < 4.78 is 6.16. The summed E-state index contributed by atoms with van der Waals surface area (Å²) >= 11 is 0. The molecule has 1 aliphatic rings. The van der Waals surface area contributed by atoms with Crippen LogP contribution in [-0.4, -0.2) is 0 Å². The molecule has 0 radical (unpaired) electrons. The highest BCUT2D eigenvalue weighted by Gasteiger charge is 2.39. The molecule has 1 saturated carbocycles. The molecule has 2 atom stereocenters. The van der Waals surface area contributed by atoms with Gasteiger partial charge in [-0.3, -0.25) is 0 Å². The number of nitrogens with two attached hydrogens (primary N) is 2. The molecule has 0 aliphatic heterocycles. The summed E-state index contributed by atoms with van der Waals surface area (Å²) in [7, 11) is 0. The van der Waals surface area contributed by atoms with Gasteiger partial charge in [0.1, 0.15) is 11.5 Å². The van der Waals surface area contributed by atoms with Crippen LogP contribution in [0.2, 0.25) is 0 Å². The third kappa shape index (κ3) is 7.43. The second kappa shape index (κ2) is 16.5. The fourth-order valence-electron chi connectivity index (χ4n) is 9.25. The van der Waals surface area contributed by atoms with Crippen molar-refractivity contribution in [1.82, 2.24) is 0 Å². The number of hydrogen-bond acceptors (Lipinski definition) is 5. The summed E-state index contributed by atoms with van der Waals surface area (Å²) in [5, 5.41) is 4.24. The quantitative estimate of drug-likeness (QED) is 0.127. The molecule has 1 unspecified atom stereocenters. The number of ether oxygens (including phenoxy) is 1. The van der Waals surface area contributed by atoms with Crippen LogP contribution >= 0.6 is 0 Å². The maximum atomic E-state index is 6.53. The minimum atomic E-state index is 0.547. The molecule has 10 aromatic rings. The summed E-state index contributed by atoms with van der Waals surface area (Å²) in [6, 6.07) is 80.8. The first-order valence-electron chi connectivity index (χ1n) is 21.9. The molecule has 1 fully saturated rings. The molecule has 0 bridgehead atoms. The van der Waals surface area contributed by atoms with Crippen LogP contribution in [0.3, 0.4) is 0 Å². The van der Waals surface area contributed by atoms with Crippen molar-refractivity contribution in [3.05, 3.63) is 242 Å². The van der Waals surface area contributed by atoms with E-state index in [1.165, 1.54) is 17.5 Å². The zero-order valence-electron chi connectivity index (χ0n) is 35.3. The van der Waals surface area contributed by atoms with Gasteiger partial charge in [-0.1, -0.05) is 133 Å². The van der Waals surface area contributed by atoms with Crippen LogP contribution in [0.1, 0.15) is 29.4 Å². The van der Waals surface area contributed by atoms with Crippen molar-refractivity contribution >= 4 is 67.0 Å². The van der Waals surface area contributed by atoms with Crippen LogP contribution < -0.4 is 26.0 Å². The number of rotatable bonds is 11. The molecular formula is C59H46N4O. The lowest BCUT2D eigenvalue weighted by Crippen LogP contribution is -2.11. The monoisotopic (exact) mass is 826 g/mol. The Morgan fingerprint density at radius 2 is 0.688 bits per heavy atom. The number of fused-ring (bicyclic) bond motifs is 2.